The van der Waals surface area contributed by atoms with Gasteiger partial charge in [-0.05, 0) is 36.4 Å². The molecule has 1 amide bonds. The van der Waals surface area contributed by atoms with Gasteiger partial charge in [-0.1, -0.05) is 48.2 Å². The molecule has 1 N–H and O–H groups in total. The first-order valence-corrected chi connectivity index (χ1v) is 13.4. The molecular weight excluding hydrogens is 518 g/mol. The molecule has 8 nitrogen and oxygen atoms in total. The quantitative estimate of drug-likeness (QED) is 0.429. The van der Waals surface area contributed by atoms with Crippen LogP contribution in [0.5, 0.6) is 5.75 Å². The van der Waals surface area contributed by atoms with Crippen molar-refractivity contribution in [3.8, 4) is 5.75 Å². The molecule has 4 aromatic rings. The monoisotopic (exact) mass is 541 g/mol. The highest BCUT2D eigenvalue weighted by Crippen LogP contribution is 2.46. The molecule has 0 saturated carbocycles. The van der Waals surface area contributed by atoms with Crippen LogP contribution < -0.4 is 34.8 Å². The molecule has 6 rings (SSSR count). The van der Waals surface area contributed by atoms with Gasteiger partial charge < -0.3 is 14.2 Å². The van der Waals surface area contributed by atoms with E-state index in [1.807, 2.05) is 90.8 Å². The molecule has 38 heavy (non-hydrogen) atoms. The predicted octanol–water partition coefficient (Wildman–Crippen LogP) is 3.20. The maximum Gasteiger partial charge on any atom is 0.283 e. The van der Waals surface area contributed by atoms with Crippen LogP contribution in [0.3, 0.4) is 0 Å². The Balaban J connectivity index is 1.57. The molecular formula is C28H23N5O3S2. The lowest BCUT2D eigenvalue weighted by Gasteiger charge is -2.14. The fourth-order valence-corrected chi connectivity index (χ4v) is 6.81. The number of ether oxygens (including phenoxy) is 1. The number of methoxy groups -OCH3 is 1. The van der Waals surface area contributed by atoms with Gasteiger partial charge in [-0.2, -0.15) is 0 Å². The molecule has 0 atom stereocenters. The third-order valence-electron chi connectivity index (χ3n) is 6.33. The number of rotatable bonds is 3. The van der Waals surface area contributed by atoms with Crippen LogP contribution in [0.2, 0.25) is 0 Å². The number of nitrogens with one attached hydrogen (secondary N) is 1. The van der Waals surface area contributed by atoms with Crippen molar-refractivity contribution >= 4 is 62.5 Å². The smallest absolute Gasteiger partial charge is 0.283 e. The number of nitrogens with zero attached hydrogens (tertiary/aromatic N) is 4. The lowest BCUT2D eigenvalue weighted by Crippen LogP contribution is -2.35. The fourth-order valence-electron chi connectivity index (χ4n) is 4.35. The molecule has 0 radical (unpaired) electrons. The number of para-hydroxylation sites is 2. The van der Waals surface area contributed by atoms with E-state index in [1.54, 1.807) is 14.2 Å². The second-order valence-corrected chi connectivity index (χ2v) is 10.7. The van der Waals surface area contributed by atoms with Crippen LogP contribution in [0.1, 0.15) is 0 Å². The molecule has 0 bridgehead atoms. The number of amides is 1. The maximum atomic E-state index is 13.8. The van der Waals surface area contributed by atoms with Crippen molar-refractivity contribution in [2.45, 2.75) is 4.90 Å². The summed E-state index contributed by atoms with van der Waals surface area (Å²) in [6.45, 7) is 0. The van der Waals surface area contributed by atoms with Crippen molar-refractivity contribution < 1.29 is 9.53 Å². The summed E-state index contributed by atoms with van der Waals surface area (Å²) in [7, 11) is 5.26. The summed E-state index contributed by atoms with van der Waals surface area (Å²) in [5, 5.41) is 2.28. The van der Waals surface area contributed by atoms with Gasteiger partial charge in [-0.3, -0.25) is 15.0 Å². The van der Waals surface area contributed by atoms with E-state index in [4.69, 9.17) is 9.73 Å². The summed E-state index contributed by atoms with van der Waals surface area (Å²) in [4.78, 5) is 35.2. The van der Waals surface area contributed by atoms with E-state index >= 15 is 0 Å². The van der Waals surface area contributed by atoms with Crippen molar-refractivity contribution in [1.29, 1.82) is 0 Å². The Kier molecular flexibility index (Phi) is 6.05. The van der Waals surface area contributed by atoms with Crippen LogP contribution in [0.25, 0.3) is 10.6 Å². The molecule has 190 valence electrons. The number of fused-ring (bicyclic) bond motifs is 1. The summed E-state index contributed by atoms with van der Waals surface area (Å²) in [5.41, 5.74) is 5.69. The minimum absolute atomic E-state index is 0.170. The van der Waals surface area contributed by atoms with Crippen LogP contribution in [0.15, 0.2) is 93.5 Å². The first-order valence-electron chi connectivity index (χ1n) is 11.8. The number of benzene rings is 3. The second-order valence-electron chi connectivity index (χ2n) is 8.66. The van der Waals surface area contributed by atoms with Crippen LogP contribution in [0.4, 0.5) is 17.1 Å². The molecule has 3 heterocycles. The number of hydrogen-bond acceptors (Lipinski definition) is 7. The number of hydrogen-bond donors (Lipinski definition) is 1. The molecule has 3 aromatic carbocycles. The summed E-state index contributed by atoms with van der Waals surface area (Å²) in [6, 6.07) is 24.6. The predicted molar refractivity (Wildman–Crippen MR) is 153 cm³/mol. The van der Waals surface area contributed by atoms with Gasteiger partial charge >= 0.3 is 0 Å². The molecule has 2 aliphatic heterocycles. The lowest BCUT2D eigenvalue weighted by atomic mass is 10.2. The molecule has 0 unspecified atom stereocenters. The minimum Gasteiger partial charge on any atom is -0.497 e. The van der Waals surface area contributed by atoms with Gasteiger partial charge in [0, 0.05) is 25.1 Å². The average Bonchev–Trinajstić information content (AvgIpc) is 3.55. The van der Waals surface area contributed by atoms with E-state index in [0.29, 0.717) is 32.0 Å². The third kappa shape index (κ3) is 3.98. The van der Waals surface area contributed by atoms with Gasteiger partial charge in [-0.25, -0.2) is 10.0 Å². The standard InChI is InChI=1S/C28H23N5O3S2/c1-31-20-16-19(36-3)14-15-21(20)37-28(31)23-26(35)32(2)27(38-23)22-24(29-17-10-6-4-7-11-17)30-33(25(22)34)18-12-8-5-9-13-18/h4-16H,1-3H3,(H,29,30)/b27-22-,28-23-. The van der Waals surface area contributed by atoms with E-state index < -0.39 is 0 Å². The van der Waals surface area contributed by atoms with Gasteiger partial charge in [-0.15, -0.1) is 11.3 Å². The number of carbonyl (C=O) groups excluding carboxylic acids is 1. The number of anilines is 2. The van der Waals surface area contributed by atoms with E-state index in [2.05, 4.69) is 5.43 Å². The number of aliphatic imine (C=N–C) groups is 1. The summed E-state index contributed by atoms with van der Waals surface area (Å²) >= 11 is 2.83. The molecule has 1 saturated heterocycles. The van der Waals surface area contributed by atoms with Gasteiger partial charge in [0.25, 0.3) is 11.5 Å². The van der Waals surface area contributed by atoms with Crippen molar-refractivity contribution in [1.82, 2.24) is 9.99 Å². The van der Waals surface area contributed by atoms with Gasteiger partial charge in [0.1, 0.15) is 25.5 Å². The van der Waals surface area contributed by atoms with E-state index in [-0.39, 0.29) is 11.5 Å². The number of carbonyl (C=O) groups is 1. The molecule has 0 spiro atoms. The van der Waals surface area contributed by atoms with Crippen LogP contribution >= 0.6 is 23.1 Å². The Bertz CT molecular complexity index is 1780. The number of hydrazine groups is 1. The Labute approximate surface area is 226 Å². The Hall–Kier alpha value is -4.28. The van der Waals surface area contributed by atoms with Gasteiger partial charge in [0.15, 0.2) is 5.84 Å². The second kappa shape index (κ2) is 9.55. The molecule has 10 heteroatoms. The van der Waals surface area contributed by atoms with E-state index in [9.17, 15) is 9.59 Å². The molecule has 0 aliphatic carbocycles. The van der Waals surface area contributed by atoms with Crippen molar-refractivity contribution in [2.75, 3.05) is 24.1 Å². The SMILES string of the molecule is COc1ccc2c(c1)N(C)/C(=c1/s/c(=C3\C(=O)N(c4ccccc4)NC3=Nc3ccccc3)n(C)c1=O)S2. The van der Waals surface area contributed by atoms with Crippen molar-refractivity contribution in [3.05, 3.63) is 98.4 Å². The Morgan fingerprint density at radius 1 is 0.921 bits per heavy atom. The van der Waals surface area contributed by atoms with Crippen molar-refractivity contribution in [3.63, 3.8) is 0 Å². The van der Waals surface area contributed by atoms with Crippen LogP contribution in [-0.4, -0.2) is 30.5 Å². The molecule has 1 aromatic heterocycles. The topological polar surface area (TPSA) is 79.2 Å². The highest BCUT2D eigenvalue weighted by molar-refractivity contribution is 8.08. The van der Waals surface area contributed by atoms with E-state index in [0.717, 1.165) is 21.4 Å². The first kappa shape index (κ1) is 24.1. The maximum absolute atomic E-state index is 13.8. The molecule has 1 fully saturated rings. The largest absolute Gasteiger partial charge is 0.497 e. The summed E-state index contributed by atoms with van der Waals surface area (Å²) in [5.74, 6) is 0.858. The highest BCUT2D eigenvalue weighted by Gasteiger charge is 2.35. The normalized spacial score (nSPS) is 18.7. The Morgan fingerprint density at radius 2 is 1.63 bits per heavy atom. The number of amidine groups is 1. The van der Waals surface area contributed by atoms with Crippen LogP contribution in [0, 0.1) is 0 Å². The molecule has 2 aliphatic rings. The van der Waals surface area contributed by atoms with Crippen molar-refractivity contribution in [2.24, 2.45) is 12.0 Å². The fraction of sp³-hybridized carbons (Fsp3) is 0.107. The third-order valence-corrected chi connectivity index (χ3v) is 8.94. The number of aromatic nitrogens is 1. The van der Waals surface area contributed by atoms with Gasteiger partial charge in [0.2, 0.25) is 0 Å². The zero-order chi connectivity index (χ0) is 26.4. The van der Waals surface area contributed by atoms with Crippen LogP contribution in [-0.2, 0) is 11.8 Å². The summed E-state index contributed by atoms with van der Waals surface area (Å²) in [6.07, 6.45) is 0. The van der Waals surface area contributed by atoms with Gasteiger partial charge in [0.05, 0.1) is 24.2 Å². The lowest BCUT2D eigenvalue weighted by molar-refractivity contribution is -0.113. The van der Waals surface area contributed by atoms with E-state index in [1.165, 1.54) is 32.7 Å². The average molecular weight is 542 g/mol. The first-order chi connectivity index (χ1) is 18.5. The Morgan fingerprint density at radius 3 is 2.34 bits per heavy atom. The highest BCUT2D eigenvalue weighted by atomic mass is 32.2. The zero-order valence-electron chi connectivity index (χ0n) is 20.8. The minimum atomic E-state index is -0.278. The summed E-state index contributed by atoms with van der Waals surface area (Å²) < 4.78 is 8.02. The number of thiazole rings is 1. The number of thioether (sulfide) groups is 1. The zero-order valence-corrected chi connectivity index (χ0v) is 22.5.